The van der Waals surface area contributed by atoms with E-state index in [2.05, 4.69) is 41.3 Å². The number of nitrogens with one attached hydrogen (secondary N) is 2. The zero-order valence-corrected chi connectivity index (χ0v) is 19.2. The van der Waals surface area contributed by atoms with Crippen molar-refractivity contribution in [3.63, 3.8) is 0 Å². The highest BCUT2D eigenvalue weighted by molar-refractivity contribution is 5.97. The summed E-state index contributed by atoms with van der Waals surface area (Å²) in [5, 5.41) is 6.93. The molecule has 2 N–H and O–H groups in total. The monoisotopic (exact) mass is 431 g/mol. The Hall–Kier alpha value is -2.79. The standard InChI is InChI=1S/C27H33N3O2/c1-4-19-14-24(22-6-5-12-28-25(22)15-19)27(10-11-27)29-26(31)23-16-21(8-7-18(23)2)32-17-20-9-13-30(20)3/h4,7-8,14-16,20,28H,1,5-6,9-13,17H2,2-3H3,(H,29,31). The molecule has 0 radical (unpaired) electrons. The number of rotatable bonds is 7. The minimum absolute atomic E-state index is 0.0206. The van der Waals surface area contributed by atoms with Crippen LogP contribution in [-0.4, -0.2) is 43.6 Å². The van der Waals surface area contributed by atoms with Gasteiger partial charge in [-0.1, -0.05) is 18.7 Å². The molecule has 5 nitrogen and oxygen atoms in total. The number of fused-ring (bicyclic) bond motifs is 1. The Kier molecular flexibility index (Phi) is 5.46. The molecule has 1 saturated heterocycles. The SMILES string of the molecule is C=Cc1cc2c(c(C3(NC(=O)c4cc(OCC5CCN5C)ccc4C)CC3)c1)CCCN2. The highest BCUT2D eigenvalue weighted by Crippen LogP contribution is 2.49. The third-order valence-corrected chi connectivity index (χ3v) is 7.38. The molecule has 0 spiro atoms. The largest absolute Gasteiger partial charge is 0.492 e. The molecule has 1 saturated carbocycles. The molecular formula is C27H33N3O2. The summed E-state index contributed by atoms with van der Waals surface area (Å²) in [5.74, 6) is 0.744. The summed E-state index contributed by atoms with van der Waals surface area (Å²) in [6.07, 6.45) is 7.16. The van der Waals surface area contributed by atoms with Crippen molar-refractivity contribution in [1.29, 1.82) is 0 Å². The van der Waals surface area contributed by atoms with Gasteiger partial charge < -0.3 is 15.4 Å². The maximum Gasteiger partial charge on any atom is 0.252 e. The molecular weight excluding hydrogens is 398 g/mol. The van der Waals surface area contributed by atoms with Gasteiger partial charge >= 0.3 is 0 Å². The number of hydrogen-bond acceptors (Lipinski definition) is 4. The number of ether oxygens (including phenoxy) is 1. The lowest BCUT2D eigenvalue weighted by atomic mass is 9.89. The summed E-state index contributed by atoms with van der Waals surface area (Å²) in [5.41, 5.74) is 6.27. The Balaban J connectivity index is 1.37. The number of carbonyl (C=O) groups is 1. The normalized spacial score (nSPS) is 21.0. The van der Waals surface area contributed by atoms with E-state index >= 15 is 0 Å². The van der Waals surface area contributed by atoms with E-state index < -0.39 is 0 Å². The molecule has 2 aromatic rings. The van der Waals surface area contributed by atoms with Crippen LogP contribution in [0.3, 0.4) is 0 Å². The van der Waals surface area contributed by atoms with E-state index in [9.17, 15) is 4.79 Å². The molecule has 168 valence electrons. The average Bonchev–Trinajstić information content (AvgIpc) is 3.58. The van der Waals surface area contributed by atoms with Gasteiger partial charge in [0.2, 0.25) is 0 Å². The first-order valence-electron chi connectivity index (χ1n) is 11.8. The number of likely N-dealkylation sites (N-methyl/N-ethyl adjacent to an activating group) is 1. The number of benzene rings is 2. The van der Waals surface area contributed by atoms with E-state index in [-0.39, 0.29) is 11.4 Å². The van der Waals surface area contributed by atoms with Gasteiger partial charge in [0.1, 0.15) is 12.4 Å². The average molecular weight is 432 g/mol. The topological polar surface area (TPSA) is 53.6 Å². The number of nitrogens with zero attached hydrogens (tertiary/aromatic N) is 1. The van der Waals surface area contributed by atoms with Crippen molar-refractivity contribution in [2.45, 2.75) is 50.6 Å². The lowest BCUT2D eigenvalue weighted by molar-refractivity contribution is 0.0767. The Morgan fingerprint density at radius 3 is 2.88 bits per heavy atom. The lowest BCUT2D eigenvalue weighted by Gasteiger charge is -2.37. The third kappa shape index (κ3) is 3.90. The van der Waals surface area contributed by atoms with E-state index in [4.69, 9.17) is 4.74 Å². The molecule has 1 amide bonds. The molecule has 0 aromatic heterocycles. The van der Waals surface area contributed by atoms with Crippen LogP contribution in [-0.2, 0) is 12.0 Å². The maximum absolute atomic E-state index is 13.4. The summed E-state index contributed by atoms with van der Waals surface area (Å²) in [4.78, 5) is 15.7. The molecule has 5 rings (SSSR count). The fourth-order valence-electron chi connectivity index (χ4n) is 4.93. The molecule has 0 bridgehead atoms. The van der Waals surface area contributed by atoms with Crippen molar-refractivity contribution in [1.82, 2.24) is 10.2 Å². The van der Waals surface area contributed by atoms with Crippen molar-refractivity contribution in [2.24, 2.45) is 0 Å². The zero-order valence-electron chi connectivity index (χ0n) is 19.2. The Bertz CT molecular complexity index is 1060. The van der Waals surface area contributed by atoms with Crippen molar-refractivity contribution in [3.8, 4) is 5.75 Å². The maximum atomic E-state index is 13.4. The summed E-state index contributed by atoms with van der Waals surface area (Å²) in [6.45, 7) is 8.74. The first-order chi connectivity index (χ1) is 15.5. The smallest absolute Gasteiger partial charge is 0.252 e. The fraction of sp³-hybridized carbons (Fsp3) is 0.444. The van der Waals surface area contributed by atoms with E-state index in [0.717, 1.165) is 55.6 Å². The van der Waals surface area contributed by atoms with E-state index in [1.54, 1.807) is 0 Å². The number of amides is 1. The second kappa shape index (κ2) is 8.28. The van der Waals surface area contributed by atoms with Crippen LogP contribution in [0.5, 0.6) is 5.75 Å². The highest BCUT2D eigenvalue weighted by Gasteiger charge is 2.47. The van der Waals surface area contributed by atoms with Crippen LogP contribution in [0.25, 0.3) is 6.08 Å². The number of carbonyl (C=O) groups excluding carboxylic acids is 1. The molecule has 32 heavy (non-hydrogen) atoms. The molecule has 1 aliphatic carbocycles. The van der Waals surface area contributed by atoms with Crippen molar-refractivity contribution < 1.29 is 9.53 Å². The Morgan fingerprint density at radius 2 is 2.19 bits per heavy atom. The second-order valence-electron chi connectivity index (χ2n) is 9.58. The summed E-state index contributed by atoms with van der Waals surface area (Å²) in [6, 6.07) is 10.7. The van der Waals surface area contributed by atoms with Gasteiger partial charge in [-0.2, -0.15) is 0 Å². The molecule has 1 atom stereocenters. The molecule has 1 unspecified atom stereocenters. The fourth-order valence-corrected chi connectivity index (χ4v) is 4.93. The molecule has 5 heteroatoms. The Labute approximate surface area is 190 Å². The van der Waals surface area contributed by atoms with Gasteiger partial charge in [0.25, 0.3) is 5.91 Å². The first-order valence-corrected chi connectivity index (χ1v) is 11.8. The lowest BCUT2D eigenvalue weighted by Crippen LogP contribution is -2.48. The number of hydrogen-bond donors (Lipinski definition) is 2. The minimum Gasteiger partial charge on any atom is -0.492 e. The van der Waals surface area contributed by atoms with Gasteiger partial charge in [0.05, 0.1) is 5.54 Å². The van der Waals surface area contributed by atoms with Gasteiger partial charge in [-0.25, -0.2) is 0 Å². The number of aryl methyl sites for hydroxylation is 1. The summed E-state index contributed by atoms with van der Waals surface area (Å²) in [7, 11) is 2.12. The molecule has 2 heterocycles. The quantitative estimate of drug-likeness (QED) is 0.678. The summed E-state index contributed by atoms with van der Waals surface area (Å²) >= 11 is 0. The van der Waals surface area contributed by atoms with Gasteiger partial charge in [0, 0.05) is 23.8 Å². The minimum atomic E-state index is -0.281. The molecule has 3 aliphatic rings. The van der Waals surface area contributed by atoms with E-state index in [0.29, 0.717) is 18.2 Å². The van der Waals surface area contributed by atoms with Crippen LogP contribution in [0.4, 0.5) is 5.69 Å². The third-order valence-electron chi connectivity index (χ3n) is 7.38. The van der Waals surface area contributed by atoms with E-state index in [1.165, 1.54) is 23.2 Å². The predicted octanol–water partition coefficient (Wildman–Crippen LogP) is 4.50. The number of likely N-dealkylation sites (tertiary alicyclic amines) is 1. The highest BCUT2D eigenvalue weighted by atomic mass is 16.5. The summed E-state index contributed by atoms with van der Waals surface area (Å²) < 4.78 is 6.02. The van der Waals surface area contributed by atoms with Crippen LogP contribution in [0.2, 0.25) is 0 Å². The molecule has 2 aromatic carbocycles. The van der Waals surface area contributed by atoms with Crippen molar-refractivity contribution in [3.05, 3.63) is 64.7 Å². The van der Waals surface area contributed by atoms with Gasteiger partial charge in [0.15, 0.2) is 0 Å². The van der Waals surface area contributed by atoms with Crippen LogP contribution < -0.4 is 15.4 Å². The second-order valence-corrected chi connectivity index (χ2v) is 9.58. The van der Waals surface area contributed by atoms with Crippen molar-refractivity contribution >= 4 is 17.7 Å². The van der Waals surface area contributed by atoms with Crippen molar-refractivity contribution in [2.75, 3.05) is 32.1 Å². The molecule has 2 aliphatic heterocycles. The van der Waals surface area contributed by atoms with Crippen LogP contribution in [0.1, 0.15) is 58.3 Å². The Morgan fingerprint density at radius 1 is 1.34 bits per heavy atom. The molecule has 2 fully saturated rings. The van der Waals surface area contributed by atoms with Gasteiger partial charge in [-0.15, -0.1) is 0 Å². The van der Waals surface area contributed by atoms with Gasteiger partial charge in [-0.3, -0.25) is 9.69 Å². The van der Waals surface area contributed by atoms with Crippen LogP contribution >= 0.6 is 0 Å². The zero-order chi connectivity index (χ0) is 22.3. The van der Waals surface area contributed by atoms with Crippen LogP contribution in [0.15, 0.2) is 36.9 Å². The van der Waals surface area contributed by atoms with E-state index in [1.807, 2.05) is 31.2 Å². The first kappa shape index (κ1) is 21.1. The number of anilines is 1. The van der Waals surface area contributed by atoms with Gasteiger partial charge in [-0.05, 0) is 99.1 Å². The van der Waals surface area contributed by atoms with Crippen LogP contribution in [0, 0.1) is 6.92 Å². The predicted molar refractivity (Wildman–Crippen MR) is 129 cm³/mol.